The summed E-state index contributed by atoms with van der Waals surface area (Å²) < 4.78 is 46.6. The summed E-state index contributed by atoms with van der Waals surface area (Å²) in [6.07, 6.45) is 2.56. The number of rotatable bonds is 2. The molecule has 1 aliphatic rings. The lowest BCUT2D eigenvalue weighted by Gasteiger charge is -2.13. The molecule has 1 saturated carbocycles. The third-order valence-corrected chi connectivity index (χ3v) is 3.50. The van der Waals surface area contributed by atoms with Crippen molar-refractivity contribution in [3.8, 4) is 0 Å². The van der Waals surface area contributed by atoms with E-state index in [-0.39, 0.29) is 22.5 Å². The zero-order chi connectivity index (χ0) is 15.3. The quantitative estimate of drug-likeness (QED) is 0.632. The van der Waals surface area contributed by atoms with Gasteiger partial charge in [-0.05, 0) is 18.9 Å². The second-order valence-corrected chi connectivity index (χ2v) is 4.88. The summed E-state index contributed by atoms with van der Waals surface area (Å²) in [5, 5.41) is -0.374. The van der Waals surface area contributed by atoms with Gasteiger partial charge in [-0.15, -0.1) is 0 Å². The van der Waals surface area contributed by atoms with Gasteiger partial charge < -0.3 is 9.30 Å². The van der Waals surface area contributed by atoms with Crippen molar-refractivity contribution in [3.63, 3.8) is 0 Å². The molecule has 0 saturated heterocycles. The molecule has 0 amide bonds. The molecular formula is C14H10F3NO3. The minimum atomic E-state index is -1.64. The molecule has 0 spiro atoms. The Bertz CT molecular complexity index is 825. The van der Waals surface area contributed by atoms with Gasteiger partial charge in [0.25, 0.3) is 0 Å². The van der Waals surface area contributed by atoms with Crippen molar-refractivity contribution in [3.05, 3.63) is 45.5 Å². The zero-order valence-corrected chi connectivity index (χ0v) is 11.0. The maximum absolute atomic E-state index is 14.0. The second-order valence-electron chi connectivity index (χ2n) is 4.88. The van der Waals surface area contributed by atoms with Crippen molar-refractivity contribution in [1.29, 1.82) is 0 Å². The van der Waals surface area contributed by atoms with Gasteiger partial charge in [0.15, 0.2) is 17.5 Å². The number of pyridine rings is 1. The molecule has 0 aliphatic heterocycles. The summed E-state index contributed by atoms with van der Waals surface area (Å²) in [6.45, 7) is 0. The van der Waals surface area contributed by atoms with Gasteiger partial charge in [-0.1, -0.05) is 0 Å². The molecule has 0 atom stereocenters. The molecular weight excluding hydrogens is 287 g/mol. The number of carbonyl (C=O) groups is 1. The number of esters is 1. The monoisotopic (exact) mass is 297 g/mol. The number of carbonyl (C=O) groups excluding carboxylic acids is 1. The Morgan fingerprint density at radius 3 is 2.52 bits per heavy atom. The molecule has 1 aliphatic carbocycles. The topological polar surface area (TPSA) is 48.3 Å². The van der Waals surface area contributed by atoms with Gasteiger partial charge in [-0.3, -0.25) is 4.79 Å². The molecule has 1 aromatic heterocycles. The van der Waals surface area contributed by atoms with E-state index in [4.69, 9.17) is 0 Å². The molecule has 1 aromatic carbocycles. The first-order valence-electron chi connectivity index (χ1n) is 6.26. The molecule has 4 nitrogen and oxygen atoms in total. The van der Waals surface area contributed by atoms with E-state index in [1.165, 1.54) is 4.57 Å². The summed E-state index contributed by atoms with van der Waals surface area (Å²) in [4.78, 5) is 23.8. The third kappa shape index (κ3) is 2.00. The highest BCUT2D eigenvalue weighted by molar-refractivity contribution is 5.94. The number of methoxy groups -OCH3 is 1. The van der Waals surface area contributed by atoms with Gasteiger partial charge in [-0.2, -0.15) is 0 Å². The Labute approximate surface area is 116 Å². The van der Waals surface area contributed by atoms with Crippen molar-refractivity contribution in [2.45, 2.75) is 18.9 Å². The van der Waals surface area contributed by atoms with Crippen LogP contribution in [0.3, 0.4) is 0 Å². The van der Waals surface area contributed by atoms with Crippen LogP contribution < -0.4 is 5.43 Å². The molecule has 0 radical (unpaired) electrons. The second kappa shape index (κ2) is 4.61. The highest BCUT2D eigenvalue weighted by Gasteiger charge is 2.30. The lowest BCUT2D eigenvalue weighted by molar-refractivity contribution is 0.0598. The number of ether oxygens (including phenoxy) is 1. The van der Waals surface area contributed by atoms with Gasteiger partial charge in [-0.25, -0.2) is 18.0 Å². The molecule has 1 heterocycles. The van der Waals surface area contributed by atoms with Crippen LogP contribution in [-0.4, -0.2) is 17.6 Å². The van der Waals surface area contributed by atoms with E-state index in [1.807, 2.05) is 0 Å². The Morgan fingerprint density at radius 2 is 1.95 bits per heavy atom. The molecule has 0 bridgehead atoms. The van der Waals surface area contributed by atoms with Crippen LogP contribution >= 0.6 is 0 Å². The Balaban J connectivity index is 2.47. The highest BCUT2D eigenvalue weighted by atomic mass is 19.2. The van der Waals surface area contributed by atoms with Crippen LogP contribution in [0.4, 0.5) is 13.2 Å². The van der Waals surface area contributed by atoms with E-state index in [2.05, 4.69) is 4.74 Å². The van der Waals surface area contributed by atoms with E-state index in [0.29, 0.717) is 18.9 Å². The van der Waals surface area contributed by atoms with E-state index in [1.54, 1.807) is 0 Å². The summed E-state index contributed by atoms with van der Waals surface area (Å²) in [6, 6.07) is 0.470. The van der Waals surface area contributed by atoms with Gasteiger partial charge in [0.1, 0.15) is 5.56 Å². The predicted octanol–water partition coefficient (Wildman–Crippen LogP) is 2.54. The first kappa shape index (κ1) is 13.7. The molecule has 3 rings (SSSR count). The largest absolute Gasteiger partial charge is 0.465 e. The van der Waals surface area contributed by atoms with Gasteiger partial charge >= 0.3 is 5.97 Å². The molecule has 21 heavy (non-hydrogen) atoms. The number of fused-ring (bicyclic) bond motifs is 1. The van der Waals surface area contributed by atoms with Crippen LogP contribution in [0.2, 0.25) is 0 Å². The summed E-state index contributed by atoms with van der Waals surface area (Å²) in [5.74, 6) is -5.43. The SMILES string of the molecule is COC(=O)c1cn(C2CC2)c2c(F)c(F)c(F)cc2c1=O. The van der Waals surface area contributed by atoms with Gasteiger partial charge in [0.2, 0.25) is 5.43 Å². The van der Waals surface area contributed by atoms with Crippen LogP contribution in [0.5, 0.6) is 0 Å². The Kier molecular flexibility index (Phi) is 3.00. The van der Waals surface area contributed by atoms with Crippen molar-refractivity contribution in [2.24, 2.45) is 0 Å². The standard InChI is InChI=1S/C14H10F3NO3/c1-21-14(20)8-5-18(6-2-3-6)12-7(13(8)19)4-9(15)10(16)11(12)17/h4-6H,2-3H2,1H3. The minimum Gasteiger partial charge on any atom is -0.465 e. The molecule has 7 heteroatoms. The Hall–Kier alpha value is -2.31. The van der Waals surface area contributed by atoms with Crippen molar-refractivity contribution < 1.29 is 22.7 Å². The molecule has 0 unspecified atom stereocenters. The van der Waals surface area contributed by atoms with Crippen LogP contribution in [-0.2, 0) is 4.74 Å². The number of benzene rings is 1. The lowest BCUT2D eigenvalue weighted by atomic mass is 10.1. The first-order valence-corrected chi connectivity index (χ1v) is 6.26. The van der Waals surface area contributed by atoms with Crippen molar-refractivity contribution in [1.82, 2.24) is 4.57 Å². The molecule has 1 fully saturated rings. The molecule has 2 aromatic rings. The number of aromatic nitrogens is 1. The maximum atomic E-state index is 14.0. The number of nitrogens with zero attached hydrogens (tertiary/aromatic N) is 1. The van der Waals surface area contributed by atoms with Crippen molar-refractivity contribution >= 4 is 16.9 Å². The minimum absolute atomic E-state index is 0.143. The van der Waals surface area contributed by atoms with E-state index in [0.717, 1.165) is 13.3 Å². The van der Waals surface area contributed by atoms with Crippen molar-refractivity contribution in [2.75, 3.05) is 7.11 Å². The van der Waals surface area contributed by atoms with Gasteiger partial charge in [0, 0.05) is 12.2 Å². The zero-order valence-electron chi connectivity index (χ0n) is 11.0. The van der Waals surface area contributed by atoms with E-state index in [9.17, 15) is 22.8 Å². The van der Waals surface area contributed by atoms with Crippen LogP contribution in [0.25, 0.3) is 10.9 Å². The number of hydrogen-bond donors (Lipinski definition) is 0. The van der Waals surface area contributed by atoms with E-state index >= 15 is 0 Å². The summed E-state index contributed by atoms with van der Waals surface area (Å²) in [5.41, 5.74) is -1.54. The predicted molar refractivity (Wildman–Crippen MR) is 67.7 cm³/mol. The average molecular weight is 297 g/mol. The fourth-order valence-electron chi connectivity index (χ4n) is 2.31. The Morgan fingerprint density at radius 1 is 1.29 bits per heavy atom. The molecule has 110 valence electrons. The van der Waals surface area contributed by atoms with Crippen LogP contribution in [0, 0.1) is 17.5 Å². The fraction of sp³-hybridized carbons (Fsp3) is 0.286. The molecule has 0 N–H and O–H groups in total. The maximum Gasteiger partial charge on any atom is 0.343 e. The third-order valence-electron chi connectivity index (χ3n) is 3.50. The summed E-state index contributed by atoms with van der Waals surface area (Å²) in [7, 11) is 1.10. The van der Waals surface area contributed by atoms with Gasteiger partial charge in [0.05, 0.1) is 18.0 Å². The average Bonchev–Trinajstić information content (AvgIpc) is 3.29. The summed E-state index contributed by atoms with van der Waals surface area (Å²) >= 11 is 0. The van der Waals surface area contributed by atoms with Crippen LogP contribution in [0.15, 0.2) is 17.1 Å². The number of hydrogen-bond acceptors (Lipinski definition) is 3. The fourth-order valence-corrected chi connectivity index (χ4v) is 2.31. The number of halogens is 3. The normalized spacial score (nSPS) is 14.5. The van der Waals surface area contributed by atoms with E-state index < -0.39 is 28.8 Å². The lowest BCUT2D eigenvalue weighted by Crippen LogP contribution is -2.21. The van der Waals surface area contributed by atoms with Crippen LogP contribution in [0.1, 0.15) is 29.2 Å². The smallest absolute Gasteiger partial charge is 0.343 e. The highest BCUT2D eigenvalue weighted by Crippen LogP contribution is 2.38. The first-order chi connectivity index (χ1) is 9.95.